The largest absolute Gasteiger partial charge is 0.471 e. The van der Waals surface area contributed by atoms with E-state index in [-0.39, 0.29) is 17.8 Å². The number of halogens is 4. The molecule has 0 aromatic heterocycles. The molecule has 1 aliphatic rings. The number of amides is 1. The maximum atomic E-state index is 13.3. The molecule has 162 valence electrons. The lowest BCUT2D eigenvalue weighted by molar-refractivity contribution is -0.384. The summed E-state index contributed by atoms with van der Waals surface area (Å²) in [6.45, 7) is 0.239. The van der Waals surface area contributed by atoms with E-state index in [9.17, 15) is 37.7 Å². The number of piperidine rings is 1. The van der Waals surface area contributed by atoms with E-state index in [0.717, 1.165) is 6.07 Å². The van der Waals surface area contributed by atoms with Crippen molar-refractivity contribution in [1.29, 1.82) is 5.26 Å². The molecule has 1 fully saturated rings. The zero-order chi connectivity index (χ0) is 22.8. The Morgan fingerprint density at radius 2 is 1.90 bits per heavy atom. The minimum absolute atomic E-state index is 0.00432. The van der Waals surface area contributed by atoms with Gasteiger partial charge in [-0.2, -0.15) is 18.4 Å². The van der Waals surface area contributed by atoms with Crippen molar-refractivity contribution in [1.82, 2.24) is 5.32 Å². The minimum Gasteiger partial charge on any atom is -0.368 e. The van der Waals surface area contributed by atoms with Crippen LogP contribution >= 0.6 is 0 Å². The average molecular weight is 436 g/mol. The Hall–Kier alpha value is -3.68. The van der Waals surface area contributed by atoms with E-state index in [1.165, 1.54) is 36.4 Å². The summed E-state index contributed by atoms with van der Waals surface area (Å²) in [5.74, 6) is -3.12. The fourth-order valence-corrected chi connectivity index (χ4v) is 3.68. The first kappa shape index (κ1) is 22.0. The lowest BCUT2D eigenvalue weighted by atomic mass is 9.84. The molecule has 31 heavy (non-hydrogen) atoms. The quantitative estimate of drug-likeness (QED) is 0.448. The highest BCUT2D eigenvalue weighted by atomic mass is 19.4. The van der Waals surface area contributed by atoms with Gasteiger partial charge in [0.2, 0.25) is 0 Å². The highest BCUT2D eigenvalue weighted by Gasteiger charge is 2.42. The molecule has 1 N–H and O–H groups in total. The highest BCUT2D eigenvalue weighted by Crippen LogP contribution is 2.34. The number of carbonyl (C=O) groups is 1. The number of nitro groups is 1. The Morgan fingerprint density at radius 1 is 1.23 bits per heavy atom. The summed E-state index contributed by atoms with van der Waals surface area (Å²) in [5.41, 5.74) is 0.591. The van der Waals surface area contributed by atoms with Gasteiger partial charge in [-0.15, -0.1) is 0 Å². The summed E-state index contributed by atoms with van der Waals surface area (Å²) in [6, 6.07) is 9.80. The number of nitro benzene ring substituents is 1. The van der Waals surface area contributed by atoms with Crippen LogP contribution in [0.2, 0.25) is 0 Å². The Morgan fingerprint density at radius 3 is 2.48 bits per heavy atom. The number of anilines is 1. The normalized spacial score (nSPS) is 18.9. The Balaban J connectivity index is 1.92. The smallest absolute Gasteiger partial charge is 0.368 e. The maximum Gasteiger partial charge on any atom is 0.471 e. The zero-order valence-corrected chi connectivity index (χ0v) is 15.9. The van der Waals surface area contributed by atoms with Gasteiger partial charge in [0.15, 0.2) is 0 Å². The Bertz CT molecular complexity index is 1030. The Labute approximate surface area is 174 Å². The second-order valence-electron chi connectivity index (χ2n) is 7.04. The molecule has 0 bridgehead atoms. The van der Waals surface area contributed by atoms with Gasteiger partial charge >= 0.3 is 12.1 Å². The van der Waals surface area contributed by atoms with Crippen LogP contribution in [0.25, 0.3) is 0 Å². The van der Waals surface area contributed by atoms with Gasteiger partial charge in [-0.1, -0.05) is 12.1 Å². The summed E-state index contributed by atoms with van der Waals surface area (Å²) in [5, 5.41) is 22.3. The maximum absolute atomic E-state index is 13.3. The van der Waals surface area contributed by atoms with Gasteiger partial charge < -0.3 is 10.2 Å². The second-order valence-corrected chi connectivity index (χ2v) is 7.04. The first-order valence-electron chi connectivity index (χ1n) is 9.17. The fraction of sp³-hybridized carbons (Fsp3) is 0.300. The SMILES string of the molecule is N#Cc1cc([N+](=O)[O-])ccc1N1CCC(c2ccc(F)cc2)C(NC(=O)C(F)(F)F)C1. The number of rotatable bonds is 4. The predicted octanol–water partition coefficient (Wildman–Crippen LogP) is 3.65. The molecule has 0 aliphatic carbocycles. The summed E-state index contributed by atoms with van der Waals surface area (Å²) < 4.78 is 51.9. The standard InChI is InChI=1S/C20H16F4N4O3/c21-14-3-1-12(2-4-14)16-7-8-27(11-17(16)26-19(29)20(22,23)24)18-6-5-15(28(30)31)9-13(18)10-25/h1-6,9,16-17H,7-8,11H2,(H,26,29). The van der Waals surface area contributed by atoms with Crippen LogP contribution in [0.4, 0.5) is 28.9 Å². The molecule has 2 atom stereocenters. The molecular weight excluding hydrogens is 420 g/mol. The van der Waals surface area contributed by atoms with Crippen LogP contribution in [-0.4, -0.2) is 36.1 Å². The molecule has 2 unspecified atom stereocenters. The van der Waals surface area contributed by atoms with Crippen molar-refractivity contribution in [2.24, 2.45) is 0 Å². The number of alkyl halides is 3. The van der Waals surface area contributed by atoms with Gasteiger partial charge in [0.05, 0.1) is 22.2 Å². The molecule has 2 aromatic carbocycles. The molecule has 7 nitrogen and oxygen atoms in total. The van der Waals surface area contributed by atoms with Crippen molar-refractivity contribution in [3.63, 3.8) is 0 Å². The fourth-order valence-electron chi connectivity index (χ4n) is 3.68. The number of benzene rings is 2. The van der Waals surface area contributed by atoms with E-state index in [0.29, 0.717) is 24.2 Å². The number of carbonyl (C=O) groups excluding carboxylic acids is 1. The molecule has 1 saturated heterocycles. The Kier molecular flexibility index (Phi) is 6.10. The number of non-ortho nitro benzene ring substituents is 1. The van der Waals surface area contributed by atoms with Crippen LogP contribution < -0.4 is 10.2 Å². The van der Waals surface area contributed by atoms with Crippen LogP contribution in [0.15, 0.2) is 42.5 Å². The van der Waals surface area contributed by atoms with Crippen LogP contribution in [0.3, 0.4) is 0 Å². The van der Waals surface area contributed by atoms with Crippen LogP contribution in [0, 0.1) is 27.3 Å². The van der Waals surface area contributed by atoms with E-state index in [2.05, 4.69) is 0 Å². The lowest BCUT2D eigenvalue weighted by Crippen LogP contribution is -2.54. The molecule has 1 aliphatic heterocycles. The first-order valence-corrected chi connectivity index (χ1v) is 9.17. The zero-order valence-electron chi connectivity index (χ0n) is 15.9. The summed E-state index contributed by atoms with van der Waals surface area (Å²) in [6.07, 6.45) is -4.78. The van der Waals surface area contributed by atoms with E-state index < -0.39 is 34.8 Å². The topological polar surface area (TPSA) is 99.3 Å². The third kappa shape index (κ3) is 4.91. The van der Waals surface area contributed by atoms with Gasteiger partial charge in [-0.25, -0.2) is 4.39 Å². The predicted molar refractivity (Wildman–Crippen MR) is 102 cm³/mol. The van der Waals surface area contributed by atoms with Crippen molar-refractivity contribution in [3.05, 3.63) is 69.5 Å². The van der Waals surface area contributed by atoms with Gasteiger partial charge in [0, 0.05) is 31.1 Å². The van der Waals surface area contributed by atoms with Crippen molar-refractivity contribution in [2.75, 3.05) is 18.0 Å². The van der Waals surface area contributed by atoms with Gasteiger partial charge in [0.25, 0.3) is 5.69 Å². The summed E-state index contributed by atoms with van der Waals surface area (Å²) in [7, 11) is 0. The minimum atomic E-state index is -5.08. The van der Waals surface area contributed by atoms with Crippen LogP contribution in [-0.2, 0) is 4.79 Å². The van der Waals surface area contributed by atoms with Crippen LogP contribution in [0.5, 0.6) is 0 Å². The molecule has 0 spiro atoms. The van der Waals surface area contributed by atoms with E-state index in [1.54, 1.807) is 4.90 Å². The van der Waals surface area contributed by atoms with Gasteiger partial charge in [-0.3, -0.25) is 14.9 Å². The molecule has 3 rings (SSSR count). The third-order valence-electron chi connectivity index (χ3n) is 5.14. The molecule has 11 heteroatoms. The van der Waals surface area contributed by atoms with E-state index in [1.807, 2.05) is 11.4 Å². The summed E-state index contributed by atoms with van der Waals surface area (Å²) in [4.78, 5) is 23.5. The number of nitrogens with zero attached hydrogens (tertiary/aromatic N) is 3. The van der Waals surface area contributed by atoms with Gasteiger partial charge in [0.1, 0.15) is 11.9 Å². The van der Waals surface area contributed by atoms with Crippen molar-refractivity contribution in [3.8, 4) is 6.07 Å². The molecular formula is C20H16F4N4O3. The average Bonchev–Trinajstić information content (AvgIpc) is 2.73. The van der Waals surface area contributed by atoms with E-state index >= 15 is 0 Å². The molecule has 0 saturated carbocycles. The highest BCUT2D eigenvalue weighted by molar-refractivity contribution is 5.82. The van der Waals surface area contributed by atoms with Crippen LogP contribution in [0.1, 0.15) is 23.5 Å². The monoisotopic (exact) mass is 436 g/mol. The molecule has 2 aromatic rings. The number of nitriles is 1. The molecule has 0 radical (unpaired) electrons. The molecule has 1 heterocycles. The molecule has 1 amide bonds. The van der Waals surface area contributed by atoms with Crippen molar-refractivity contribution in [2.45, 2.75) is 24.6 Å². The van der Waals surface area contributed by atoms with Crippen molar-refractivity contribution >= 4 is 17.3 Å². The second kappa shape index (κ2) is 8.59. The first-order chi connectivity index (χ1) is 14.6. The van der Waals surface area contributed by atoms with Crippen molar-refractivity contribution < 1.29 is 27.3 Å². The lowest BCUT2D eigenvalue weighted by Gasteiger charge is -2.40. The van der Waals surface area contributed by atoms with Gasteiger partial charge in [-0.05, 0) is 30.2 Å². The number of hydrogen-bond donors (Lipinski definition) is 1. The summed E-state index contributed by atoms with van der Waals surface area (Å²) >= 11 is 0. The number of nitrogens with one attached hydrogen (secondary N) is 1. The number of hydrogen-bond acceptors (Lipinski definition) is 5. The third-order valence-corrected chi connectivity index (χ3v) is 5.14. The van der Waals surface area contributed by atoms with E-state index in [4.69, 9.17) is 0 Å².